The minimum Gasteiger partial charge on any atom is -0.495 e. The predicted molar refractivity (Wildman–Crippen MR) is 135 cm³/mol. The van der Waals surface area contributed by atoms with Crippen LogP contribution in [0.1, 0.15) is 15.9 Å². The van der Waals surface area contributed by atoms with Crippen molar-refractivity contribution in [3.8, 4) is 11.5 Å². The molecule has 0 fully saturated rings. The van der Waals surface area contributed by atoms with E-state index in [1.165, 1.54) is 17.5 Å². The third-order valence-electron chi connectivity index (χ3n) is 4.82. The number of carbonyl (C=O) groups excluding carboxylic acids is 1. The Morgan fingerprint density at radius 3 is 2.24 bits per heavy atom. The Morgan fingerprint density at radius 1 is 0.971 bits per heavy atom. The molecule has 0 unspecified atom stereocenters. The molecule has 0 aliphatic carbocycles. The van der Waals surface area contributed by atoms with Crippen LogP contribution in [0.4, 0.5) is 5.69 Å². The molecule has 0 atom stereocenters. The highest BCUT2D eigenvalue weighted by molar-refractivity contribution is 7.92. The molecule has 0 heterocycles. The van der Waals surface area contributed by atoms with Gasteiger partial charge < -0.3 is 14.8 Å². The first-order valence-corrected chi connectivity index (χ1v) is 12.8. The topological polar surface area (TPSA) is 84.9 Å². The average Bonchev–Trinajstić information content (AvgIpc) is 2.81. The Kier molecular flexibility index (Phi) is 8.66. The van der Waals surface area contributed by atoms with E-state index in [0.717, 1.165) is 6.26 Å². The predicted octanol–water partition coefficient (Wildman–Crippen LogP) is 4.78. The molecule has 0 aliphatic rings. The Bertz CT molecular complexity index is 1230. The van der Waals surface area contributed by atoms with Crippen LogP contribution in [0.5, 0.6) is 11.5 Å². The van der Waals surface area contributed by atoms with Crippen molar-refractivity contribution in [3.63, 3.8) is 0 Å². The lowest BCUT2D eigenvalue weighted by molar-refractivity contribution is 0.0947. The highest BCUT2D eigenvalue weighted by Gasteiger charge is 2.22. The van der Waals surface area contributed by atoms with E-state index >= 15 is 0 Å². The first-order valence-electron chi connectivity index (χ1n) is 10.2. The molecular formula is C24H24Cl2N2O5S. The normalized spacial score (nSPS) is 11.1. The highest BCUT2D eigenvalue weighted by Crippen LogP contribution is 2.33. The molecule has 0 aliphatic heterocycles. The van der Waals surface area contributed by atoms with Crippen molar-refractivity contribution in [2.24, 2.45) is 0 Å². The van der Waals surface area contributed by atoms with E-state index in [-0.39, 0.29) is 12.5 Å². The number of hydrogen-bond acceptors (Lipinski definition) is 5. The zero-order chi connectivity index (χ0) is 24.7. The minimum absolute atomic E-state index is 0.0480. The van der Waals surface area contributed by atoms with Crippen LogP contribution in [0.3, 0.4) is 0 Å². The summed E-state index contributed by atoms with van der Waals surface area (Å²) in [4.78, 5) is 12.4. The van der Waals surface area contributed by atoms with E-state index in [1.807, 2.05) is 0 Å². The van der Waals surface area contributed by atoms with Gasteiger partial charge in [0.2, 0.25) is 10.0 Å². The van der Waals surface area contributed by atoms with Crippen molar-refractivity contribution >= 4 is 44.8 Å². The zero-order valence-electron chi connectivity index (χ0n) is 18.6. The lowest BCUT2D eigenvalue weighted by Gasteiger charge is -2.24. The van der Waals surface area contributed by atoms with Crippen molar-refractivity contribution < 1.29 is 22.7 Å². The number of carbonyl (C=O) groups is 1. The Labute approximate surface area is 209 Å². The number of rotatable bonds is 10. The number of methoxy groups -OCH3 is 1. The number of sulfonamides is 1. The summed E-state index contributed by atoms with van der Waals surface area (Å²) in [7, 11) is -2.18. The molecule has 3 aromatic rings. The zero-order valence-corrected chi connectivity index (χ0v) is 21.0. The molecule has 3 rings (SSSR count). The highest BCUT2D eigenvalue weighted by atomic mass is 35.5. The molecule has 0 saturated carbocycles. The average molecular weight is 523 g/mol. The lowest BCUT2D eigenvalue weighted by Crippen LogP contribution is -2.30. The number of halogens is 2. The summed E-state index contributed by atoms with van der Waals surface area (Å²) in [5.41, 5.74) is 1.47. The fourth-order valence-electron chi connectivity index (χ4n) is 3.13. The van der Waals surface area contributed by atoms with E-state index in [2.05, 4.69) is 5.32 Å². The van der Waals surface area contributed by atoms with Gasteiger partial charge in [0, 0.05) is 15.6 Å². The van der Waals surface area contributed by atoms with E-state index in [4.69, 9.17) is 32.7 Å². The second kappa shape index (κ2) is 11.5. The van der Waals surface area contributed by atoms with Gasteiger partial charge in [-0.3, -0.25) is 9.10 Å². The summed E-state index contributed by atoms with van der Waals surface area (Å²) in [5, 5.41) is 3.79. The van der Waals surface area contributed by atoms with Gasteiger partial charge in [-0.25, -0.2) is 8.42 Å². The molecule has 0 spiro atoms. The largest absolute Gasteiger partial charge is 0.495 e. The fraction of sp³-hybridized carbons (Fsp3) is 0.208. The summed E-state index contributed by atoms with van der Waals surface area (Å²) in [6, 6.07) is 18.4. The number of nitrogens with zero attached hydrogens (tertiary/aromatic N) is 1. The minimum atomic E-state index is -3.64. The van der Waals surface area contributed by atoms with Gasteiger partial charge in [-0.05, 0) is 60.2 Å². The van der Waals surface area contributed by atoms with Gasteiger partial charge >= 0.3 is 0 Å². The number of nitrogens with one attached hydrogen (secondary N) is 1. The van der Waals surface area contributed by atoms with Gasteiger partial charge in [-0.2, -0.15) is 0 Å². The van der Waals surface area contributed by atoms with E-state index in [0.29, 0.717) is 51.5 Å². The van der Waals surface area contributed by atoms with E-state index in [1.54, 1.807) is 60.7 Å². The molecule has 34 heavy (non-hydrogen) atoms. The fourth-order valence-corrected chi connectivity index (χ4v) is 4.31. The maximum absolute atomic E-state index is 12.5. The van der Waals surface area contributed by atoms with Crippen molar-refractivity contribution in [2.45, 2.75) is 6.54 Å². The van der Waals surface area contributed by atoms with Gasteiger partial charge in [-0.1, -0.05) is 35.3 Å². The van der Waals surface area contributed by atoms with Gasteiger partial charge in [0.1, 0.15) is 18.1 Å². The van der Waals surface area contributed by atoms with Crippen LogP contribution < -0.4 is 19.1 Å². The molecule has 1 N–H and O–H groups in total. The first kappa shape index (κ1) is 25.7. The lowest BCUT2D eigenvalue weighted by atomic mass is 10.1. The maximum atomic E-state index is 12.5. The molecule has 7 nitrogen and oxygen atoms in total. The number of benzene rings is 3. The molecular weight excluding hydrogens is 499 g/mol. The second-order valence-corrected chi connectivity index (χ2v) is 10.1. The van der Waals surface area contributed by atoms with Crippen molar-refractivity contribution in [1.82, 2.24) is 5.32 Å². The van der Waals surface area contributed by atoms with Gasteiger partial charge in [-0.15, -0.1) is 0 Å². The number of ether oxygens (including phenoxy) is 2. The van der Waals surface area contributed by atoms with Crippen molar-refractivity contribution in [3.05, 3.63) is 87.9 Å². The summed E-state index contributed by atoms with van der Waals surface area (Å²) >= 11 is 11.9. The summed E-state index contributed by atoms with van der Waals surface area (Å²) in [6.07, 6.45) is 1.11. The van der Waals surface area contributed by atoms with E-state index < -0.39 is 10.0 Å². The summed E-state index contributed by atoms with van der Waals surface area (Å²) in [5.74, 6) is 0.782. The Hall–Kier alpha value is -2.94. The number of anilines is 1. The Balaban J connectivity index is 1.62. The first-order chi connectivity index (χ1) is 16.2. The molecule has 0 bridgehead atoms. The standard InChI is InChI=1S/C24H24Cl2N2O5S/c1-32-23-12-9-20(26)15-22(23)28(34(2,30)31)16-17-3-5-18(6-4-17)24(29)27-13-14-33-21-10-7-19(25)8-11-21/h3-12,15H,13-14,16H2,1-2H3,(H,27,29). The van der Waals surface area contributed by atoms with Gasteiger partial charge in [0.25, 0.3) is 5.91 Å². The third-order valence-corrected chi connectivity index (χ3v) is 6.44. The molecule has 0 aromatic heterocycles. The third kappa shape index (κ3) is 7.03. The quantitative estimate of drug-likeness (QED) is 0.387. The van der Waals surface area contributed by atoms with Crippen molar-refractivity contribution in [1.29, 1.82) is 0 Å². The van der Waals surface area contributed by atoms with Gasteiger partial charge in [0.05, 0.1) is 32.1 Å². The molecule has 1 amide bonds. The van der Waals surface area contributed by atoms with Crippen LogP contribution in [-0.4, -0.2) is 40.8 Å². The smallest absolute Gasteiger partial charge is 0.251 e. The molecule has 10 heteroatoms. The van der Waals surface area contributed by atoms with Crippen LogP contribution in [-0.2, 0) is 16.6 Å². The molecule has 0 saturated heterocycles. The van der Waals surface area contributed by atoms with Crippen LogP contribution >= 0.6 is 23.2 Å². The van der Waals surface area contributed by atoms with Crippen LogP contribution in [0.2, 0.25) is 10.0 Å². The number of amides is 1. The number of hydrogen-bond donors (Lipinski definition) is 1. The summed E-state index contributed by atoms with van der Waals surface area (Å²) < 4.78 is 37.1. The SMILES string of the molecule is COc1ccc(Cl)cc1N(Cc1ccc(C(=O)NCCOc2ccc(Cl)cc2)cc1)S(C)(=O)=O. The monoisotopic (exact) mass is 522 g/mol. The molecule has 180 valence electrons. The van der Waals surface area contributed by atoms with Crippen molar-refractivity contribution in [2.75, 3.05) is 30.8 Å². The van der Waals surface area contributed by atoms with Crippen LogP contribution in [0, 0.1) is 0 Å². The second-order valence-electron chi connectivity index (χ2n) is 7.34. The van der Waals surface area contributed by atoms with Crippen LogP contribution in [0.25, 0.3) is 0 Å². The molecule has 3 aromatic carbocycles. The molecule has 0 radical (unpaired) electrons. The van der Waals surface area contributed by atoms with Crippen LogP contribution in [0.15, 0.2) is 66.7 Å². The van der Waals surface area contributed by atoms with E-state index in [9.17, 15) is 13.2 Å². The summed E-state index contributed by atoms with van der Waals surface area (Å²) in [6.45, 7) is 0.669. The van der Waals surface area contributed by atoms with Gasteiger partial charge in [0.15, 0.2) is 0 Å². The Morgan fingerprint density at radius 2 is 1.62 bits per heavy atom. The maximum Gasteiger partial charge on any atom is 0.251 e.